The number of carbonyl (C=O) groups is 2. The number of aliphatic hydroxyl groups is 1. The van der Waals surface area contributed by atoms with Crippen molar-refractivity contribution in [2.75, 3.05) is 18.1 Å². The van der Waals surface area contributed by atoms with Gasteiger partial charge in [-0.15, -0.1) is 0 Å². The van der Waals surface area contributed by atoms with Gasteiger partial charge in [0.05, 0.1) is 6.61 Å². The van der Waals surface area contributed by atoms with E-state index in [1.54, 1.807) is 12.1 Å². The van der Waals surface area contributed by atoms with Crippen molar-refractivity contribution in [3.05, 3.63) is 27.8 Å². The third-order valence-corrected chi connectivity index (χ3v) is 3.89. The maximum atomic E-state index is 12.3. The molecule has 2 N–H and O–H groups in total. The van der Waals surface area contributed by atoms with Crippen molar-refractivity contribution >= 4 is 40.2 Å². The molecule has 2 atom stereocenters. The summed E-state index contributed by atoms with van der Waals surface area (Å²) in [6.07, 6.45) is -1.41. The molecule has 1 saturated heterocycles. The minimum atomic E-state index is -2.25. The molecule has 1 fully saturated rings. The number of benzene rings is 1. The third kappa shape index (κ3) is 2.79. The number of carboxylic acids is 1. The summed E-state index contributed by atoms with van der Waals surface area (Å²) in [4.78, 5) is 24.8. The summed E-state index contributed by atoms with van der Waals surface area (Å²) in [5, 5.41) is 18.9. The molecule has 0 spiro atoms. The summed E-state index contributed by atoms with van der Waals surface area (Å²) >= 11 is 2.15. The highest BCUT2D eigenvalue weighted by Crippen LogP contribution is 2.25. The maximum absolute atomic E-state index is 12.3. The van der Waals surface area contributed by atoms with E-state index < -0.39 is 23.6 Å². The smallest absolute Gasteiger partial charge is 0.338 e. The summed E-state index contributed by atoms with van der Waals surface area (Å²) in [5.74, 6) is -2.04. The molecule has 1 amide bonds. The van der Waals surface area contributed by atoms with Crippen molar-refractivity contribution < 1.29 is 24.5 Å². The Balaban J connectivity index is 2.27. The number of morpholine rings is 1. The van der Waals surface area contributed by atoms with E-state index in [1.807, 2.05) is 12.1 Å². The number of hydrogen-bond donors (Lipinski definition) is 2. The first-order chi connectivity index (χ1) is 9.34. The fourth-order valence-corrected chi connectivity index (χ4v) is 2.34. The van der Waals surface area contributed by atoms with Gasteiger partial charge in [0.25, 0.3) is 5.91 Å². The Morgan fingerprint density at radius 3 is 2.60 bits per heavy atom. The monoisotopic (exact) mass is 391 g/mol. The molecule has 1 aliphatic rings. The zero-order chi connectivity index (χ0) is 14.9. The average molecular weight is 391 g/mol. The molecule has 1 aliphatic heterocycles. The highest BCUT2D eigenvalue weighted by atomic mass is 127. The summed E-state index contributed by atoms with van der Waals surface area (Å²) in [6.45, 7) is 1.56. The quantitative estimate of drug-likeness (QED) is 0.747. The van der Waals surface area contributed by atoms with Crippen LogP contribution in [0, 0.1) is 3.57 Å². The van der Waals surface area contributed by atoms with E-state index in [9.17, 15) is 14.7 Å². The van der Waals surface area contributed by atoms with Crippen LogP contribution in [0.5, 0.6) is 0 Å². The number of carbonyl (C=O) groups excluding carboxylic acids is 1. The molecule has 7 heteroatoms. The van der Waals surface area contributed by atoms with Crippen molar-refractivity contribution in [3.63, 3.8) is 0 Å². The van der Waals surface area contributed by atoms with Crippen LogP contribution in [0.25, 0.3) is 0 Å². The average Bonchev–Trinajstić information content (AvgIpc) is 2.40. The highest BCUT2D eigenvalue weighted by Gasteiger charge is 2.48. The summed E-state index contributed by atoms with van der Waals surface area (Å²) in [5.41, 5.74) is -1.59. The highest BCUT2D eigenvalue weighted by molar-refractivity contribution is 14.1. The number of nitrogens with zero attached hydrogens (tertiary/aromatic N) is 1. The van der Waals surface area contributed by atoms with Gasteiger partial charge in [0.1, 0.15) is 0 Å². The molecule has 0 radical (unpaired) electrons. The van der Waals surface area contributed by atoms with Gasteiger partial charge in [-0.1, -0.05) is 0 Å². The number of rotatable bonds is 3. The zero-order valence-corrected chi connectivity index (χ0v) is 12.9. The first-order valence-electron chi connectivity index (χ1n) is 5.98. The first-order valence-corrected chi connectivity index (χ1v) is 7.06. The molecule has 0 unspecified atom stereocenters. The van der Waals surface area contributed by atoms with Crippen molar-refractivity contribution in [2.24, 2.45) is 0 Å². The van der Waals surface area contributed by atoms with Gasteiger partial charge in [0.15, 0.2) is 11.7 Å². The lowest BCUT2D eigenvalue weighted by molar-refractivity contribution is -0.180. The van der Waals surface area contributed by atoms with Crippen LogP contribution >= 0.6 is 22.6 Å². The standard InChI is InChI=1S/C13H14INO5/c1-13(19,12(17)18)10-11(16)15(6-7-20-10)9-4-2-8(14)3-5-9/h2-5,10,19H,6-7H2,1H3,(H,17,18)/t10-,13+/m0/s1. The van der Waals surface area contributed by atoms with Crippen LogP contribution < -0.4 is 4.90 Å². The minimum Gasteiger partial charge on any atom is -0.479 e. The number of amides is 1. The predicted molar refractivity (Wildman–Crippen MR) is 79.5 cm³/mol. The van der Waals surface area contributed by atoms with Gasteiger partial charge in [-0.05, 0) is 53.8 Å². The molecule has 2 rings (SSSR count). The van der Waals surface area contributed by atoms with Crippen LogP contribution in [0.15, 0.2) is 24.3 Å². The molecular weight excluding hydrogens is 377 g/mol. The van der Waals surface area contributed by atoms with Crippen LogP contribution in [0.1, 0.15) is 6.92 Å². The second-order valence-electron chi connectivity index (χ2n) is 4.67. The topological polar surface area (TPSA) is 87.1 Å². The Kier molecular flexibility index (Phi) is 4.31. The molecule has 1 aromatic rings. The molecule has 0 bridgehead atoms. The Morgan fingerprint density at radius 1 is 1.45 bits per heavy atom. The van der Waals surface area contributed by atoms with E-state index >= 15 is 0 Å². The van der Waals surface area contributed by atoms with E-state index in [0.29, 0.717) is 12.2 Å². The largest absolute Gasteiger partial charge is 0.479 e. The molecule has 1 heterocycles. The number of ether oxygens (including phenoxy) is 1. The predicted octanol–water partition coefficient (Wildman–Crippen LogP) is 0.859. The molecule has 6 nitrogen and oxygen atoms in total. The number of anilines is 1. The lowest BCUT2D eigenvalue weighted by atomic mass is 9.97. The number of carboxylic acid groups (broad SMARTS) is 1. The summed E-state index contributed by atoms with van der Waals surface area (Å²) in [7, 11) is 0. The van der Waals surface area contributed by atoms with Crippen molar-refractivity contribution in [3.8, 4) is 0 Å². The van der Waals surface area contributed by atoms with E-state index in [1.165, 1.54) is 4.90 Å². The van der Waals surface area contributed by atoms with Crippen LogP contribution in [-0.4, -0.2) is 46.9 Å². The van der Waals surface area contributed by atoms with E-state index in [0.717, 1.165) is 10.5 Å². The zero-order valence-electron chi connectivity index (χ0n) is 10.7. The van der Waals surface area contributed by atoms with Gasteiger partial charge in [0.2, 0.25) is 0 Å². The van der Waals surface area contributed by atoms with Gasteiger partial charge in [-0.25, -0.2) is 4.79 Å². The Labute approximate surface area is 129 Å². The SMILES string of the molecule is C[C@](O)(C(=O)O)[C@H]1OCCN(c2ccc(I)cc2)C1=O. The third-order valence-electron chi connectivity index (χ3n) is 3.17. The molecular formula is C13H14INO5. The fourth-order valence-electron chi connectivity index (χ4n) is 1.98. The molecule has 108 valence electrons. The lowest BCUT2D eigenvalue weighted by Crippen LogP contribution is -2.60. The summed E-state index contributed by atoms with van der Waals surface area (Å²) < 4.78 is 6.20. The van der Waals surface area contributed by atoms with Crippen LogP contribution in [0.2, 0.25) is 0 Å². The van der Waals surface area contributed by atoms with Crippen LogP contribution in [0.4, 0.5) is 5.69 Å². The normalized spacial score (nSPS) is 22.4. The van der Waals surface area contributed by atoms with Crippen molar-refractivity contribution in [1.29, 1.82) is 0 Å². The van der Waals surface area contributed by atoms with Gasteiger partial charge in [0, 0.05) is 15.8 Å². The van der Waals surface area contributed by atoms with Gasteiger partial charge in [-0.2, -0.15) is 0 Å². The second-order valence-corrected chi connectivity index (χ2v) is 5.92. The first kappa shape index (κ1) is 15.2. The number of aliphatic carboxylic acids is 1. The van der Waals surface area contributed by atoms with Gasteiger partial charge in [-0.3, -0.25) is 4.79 Å². The Bertz CT molecular complexity index is 528. The number of halogens is 1. The minimum absolute atomic E-state index is 0.172. The summed E-state index contributed by atoms with van der Waals surface area (Å²) in [6, 6.07) is 7.25. The van der Waals surface area contributed by atoms with E-state index in [2.05, 4.69) is 22.6 Å². The Morgan fingerprint density at radius 2 is 2.05 bits per heavy atom. The van der Waals surface area contributed by atoms with E-state index in [-0.39, 0.29) is 6.61 Å². The molecule has 1 aromatic carbocycles. The van der Waals surface area contributed by atoms with Crippen LogP contribution in [-0.2, 0) is 14.3 Å². The lowest BCUT2D eigenvalue weighted by Gasteiger charge is -2.37. The number of hydrogen-bond acceptors (Lipinski definition) is 4. The fraction of sp³-hybridized carbons (Fsp3) is 0.385. The van der Waals surface area contributed by atoms with Crippen LogP contribution in [0.3, 0.4) is 0 Å². The van der Waals surface area contributed by atoms with Gasteiger partial charge < -0.3 is 19.8 Å². The van der Waals surface area contributed by atoms with Crippen molar-refractivity contribution in [1.82, 2.24) is 0 Å². The molecule has 20 heavy (non-hydrogen) atoms. The van der Waals surface area contributed by atoms with Gasteiger partial charge >= 0.3 is 5.97 Å². The van der Waals surface area contributed by atoms with Crippen molar-refractivity contribution in [2.45, 2.75) is 18.6 Å². The molecule has 0 aliphatic carbocycles. The van der Waals surface area contributed by atoms with E-state index in [4.69, 9.17) is 9.84 Å². The maximum Gasteiger partial charge on any atom is 0.338 e. The Hall–Kier alpha value is -1.19. The molecule has 0 saturated carbocycles. The molecule has 0 aromatic heterocycles. The second kappa shape index (κ2) is 5.66.